The molecule has 1 aromatic carbocycles. The van der Waals surface area contributed by atoms with Gasteiger partial charge in [-0.25, -0.2) is 9.97 Å². The van der Waals surface area contributed by atoms with Crippen LogP contribution in [-0.4, -0.2) is 44.0 Å². The largest absolute Gasteiger partial charge is 0.353 e. The second kappa shape index (κ2) is 7.09. The van der Waals surface area contributed by atoms with Gasteiger partial charge in [0, 0.05) is 43.4 Å². The smallest absolute Gasteiger partial charge is 0.271 e. The van der Waals surface area contributed by atoms with Crippen LogP contribution in [0.1, 0.15) is 22.6 Å². The molecule has 1 amide bonds. The van der Waals surface area contributed by atoms with Gasteiger partial charge in [0.1, 0.15) is 12.0 Å². The number of imidazole rings is 1. The summed E-state index contributed by atoms with van der Waals surface area (Å²) < 4.78 is 3.95. The molecule has 1 saturated heterocycles. The fourth-order valence-electron chi connectivity index (χ4n) is 3.89. The molecule has 1 atom stereocenters. The van der Waals surface area contributed by atoms with Crippen molar-refractivity contribution in [2.24, 2.45) is 0 Å². The van der Waals surface area contributed by atoms with Crippen molar-refractivity contribution in [1.29, 1.82) is 0 Å². The average Bonchev–Trinajstić information content (AvgIpc) is 3.48. The monoisotopic (exact) mass is 386 g/mol. The van der Waals surface area contributed by atoms with Crippen LogP contribution in [0, 0.1) is 6.92 Å². The Morgan fingerprint density at radius 1 is 1.14 bits per heavy atom. The van der Waals surface area contributed by atoms with Gasteiger partial charge in [-0.05, 0) is 37.6 Å². The zero-order valence-corrected chi connectivity index (χ0v) is 16.2. The first-order chi connectivity index (χ1) is 14.2. The maximum atomic E-state index is 12.7. The highest BCUT2D eigenvalue weighted by Gasteiger charge is 2.27. The minimum Gasteiger partial charge on any atom is -0.353 e. The van der Waals surface area contributed by atoms with E-state index in [4.69, 9.17) is 4.98 Å². The summed E-state index contributed by atoms with van der Waals surface area (Å²) in [5, 5.41) is 3.13. The fourth-order valence-corrected chi connectivity index (χ4v) is 3.89. The summed E-state index contributed by atoms with van der Waals surface area (Å²) in [7, 11) is 0. The van der Waals surface area contributed by atoms with Crippen molar-refractivity contribution in [3.8, 4) is 5.69 Å². The minimum atomic E-state index is -0.142. The average molecular weight is 386 g/mol. The number of carbonyl (C=O) groups excluding carboxylic acids is 1. The van der Waals surface area contributed by atoms with E-state index < -0.39 is 0 Å². The summed E-state index contributed by atoms with van der Waals surface area (Å²) in [4.78, 5) is 24.0. The quantitative estimate of drug-likeness (QED) is 0.586. The summed E-state index contributed by atoms with van der Waals surface area (Å²) >= 11 is 0. The van der Waals surface area contributed by atoms with Gasteiger partial charge in [-0.15, -0.1) is 0 Å². The molecule has 7 nitrogen and oxygen atoms in total. The van der Waals surface area contributed by atoms with E-state index in [1.165, 1.54) is 0 Å². The summed E-state index contributed by atoms with van der Waals surface area (Å²) in [6.07, 6.45) is 8.38. The normalized spacial score (nSPS) is 16.4. The third-order valence-electron chi connectivity index (χ3n) is 5.31. The number of anilines is 1. The van der Waals surface area contributed by atoms with E-state index >= 15 is 0 Å². The van der Waals surface area contributed by atoms with Crippen LogP contribution in [0.25, 0.3) is 11.2 Å². The lowest BCUT2D eigenvalue weighted by Gasteiger charge is -2.19. The standard InChI is InChI=1S/C22H22N6O/c1-16-12-26-10-5-8-20(26)21(24-16)27-11-9-17(13-27)25-22(29)19-14-28(15-23-19)18-6-3-2-4-7-18/h2-8,10,12,14-15,17H,9,11,13H2,1H3,(H,25,29)/t17-/m0/s1. The lowest BCUT2D eigenvalue weighted by Crippen LogP contribution is -2.37. The van der Waals surface area contributed by atoms with Gasteiger partial charge in [0.05, 0.1) is 11.2 Å². The second-order valence-electron chi connectivity index (χ2n) is 7.41. The molecular formula is C22H22N6O. The van der Waals surface area contributed by atoms with Gasteiger partial charge in [0.15, 0.2) is 5.82 Å². The number of hydrogen-bond donors (Lipinski definition) is 1. The Kier molecular flexibility index (Phi) is 4.27. The highest BCUT2D eigenvalue weighted by Crippen LogP contribution is 2.24. The highest BCUT2D eigenvalue weighted by atomic mass is 16.2. The molecule has 4 heterocycles. The summed E-state index contributed by atoms with van der Waals surface area (Å²) in [5.41, 5.74) is 3.47. The Bertz CT molecular complexity index is 1160. The Morgan fingerprint density at radius 3 is 2.86 bits per heavy atom. The van der Waals surface area contributed by atoms with E-state index in [1.54, 1.807) is 12.5 Å². The van der Waals surface area contributed by atoms with Gasteiger partial charge in [-0.1, -0.05) is 18.2 Å². The molecule has 0 unspecified atom stereocenters. The van der Waals surface area contributed by atoms with E-state index in [0.29, 0.717) is 5.69 Å². The van der Waals surface area contributed by atoms with Crippen LogP contribution in [0.15, 0.2) is 67.4 Å². The number of hydrogen-bond acceptors (Lipinski definition) is 4. The molecule has 0 saturated carbocycles. The Balaban J connectivity index is 1.28. The van der Waals surface area contributed by atoms with Crippen molar-refractivity contribution < 1.29 is 4.79 Å². The first kappa shape index (κ1) is 17.5. The third kappa shape index (κ3) is 3.35. The molecular weight excluding hydrogens is 364 g/mol. The van der Waals surface area contributed by atoms with Gasteiger partial charge in [-0.2, -0.15) is 0 Å². The van der Waals surface area contributed by atoms with Crippen LogP contribution in [-0.2, 0) is 0 Å². The maximum Gasteiger partial charge on any atom is 0.271 e. The van der Waals surface area contributed by atoms with Crippen molar-refractivity contribution >= 4 is 17.2 Å². The molecule has 0 bridgehead atoms. The number of amides is 1. The molecule has 1 aliphatic heterocycles. The number of aromatic nitrogens is 4. The summed E-state index contributed by atoms with van der Waals surface area (Å²) in [6.45, 7) is 3.60. The SMILES string of the molecule is Cc1cn2cccc2c(N2CC[C@H](NC(=O)c3cn(-c4ccccc4)cn3)C2)n1. The number of fused-ring (bicyclic) bond motifs is 1. The molecule has 146 valence electrons. The lowest BCUT2D eigenvalue weighted by molar-refractivity contribution is 0.0936. The zero-order chi connectivity index (χ0) is 19.8. The van der Waals surface area contributed by atoms with E-state index in [-0.39, 0.29) is 11.9 Å². The fraction of sp³-hybridized carbons (Fsp3) is 0.227. The number of carbonyl (C=O) groups is 1. The van der Waals surface area contributed by atoms with E-state index in [9.17, 15) is 4.79 Å². The third-order valence-corrected chi connectivity index (χ3v) is 5.31. The van der Waals surface area contributed by atoms with Crippen molar-refractivity contribution in [2.45, 2.75) is 19.4 Å². The zero-order valence-electron chi connectivity index (χ0n) is 16.2. The van der Waals surface area contributed by atoms with Crippen LogP contribution >= 0.6 is 0 Å². The molecule has 5 rings (SSSR count). The van der Waals surface area contributed by atoms with E-state index in [0.717, 1.165) is 42.2 Å². The highest BCUT2D eigenvalue weighted by molar-refractivity contribution is 5.92. The van der Waals surface area contributed by atoms with Crippen molar-refractivity contribution in [2.75, 3.05) is 18.0 Å². The van der Waals surface area contributed by atoms with Crippen molar-refractivity contribution in [3.05, 3.63) is 78.8 Å². The second-order valence-corrected chi connectivity index (χ2v) is 7.41. The van der Waals surface area contributed by atoms with Crippen molar-refractivity contribution in [1.82, 2.24) is 24.3 Å². The maximum absolute atomic E-state index is 12.7. The molecule has 0 spiro atoms. The first-order valence-electron chi connectivity index (χ1n) is 9.77. The lowest BCUT2D eigenvalue weighted by atomic mass is 10.2. The van der Waals surface area contributed by atoms with Gasteiger partial charge >= 0.3 is 0 Å². The van der Waals surface area contributed by atoms with Crippen LogP contribution in [0.2, 0.25) is 0 Å². The topological polar surface area (TPSA) is 67.5 Å². The Morgan fingerprint density at radius 2 is 2.00 bits per heavy atom. The van der Waals surface area contributed by atoms with E-state index in [1.807, 2.05) is 60.3 Å². The number of rotatable bonds is 4. The molecule has 4 aromatic rings. The van der Waals surface area contributed by atoms with Crippen molar-refractivity contribution in [3.63, 3.8) is 0 Å². The Hall–Kier alpha value is -3.61. The minimum absolute atomic E-state index is 0.0710. The summed E-state index contributed by atoms with van der Waals surface area (Å²) in [6, 6.07) is 14.0. The van der Waals surface area contributed by atoms with Crippen LogP contribution in [0.3, 0.4) is 0 Å². The van der Waals surface area contributed by atoms with Crippen LogP contribution in [0.5, 0.6) is 0 Å². The Labute approximate surface area is 168 Å². The van der Waals surface area contributed by atoms with Crippen LogP contribution in [0.4, 0.5) is 5.82 Å². The number of nitrogens with zero attached hydrogens (tertiary/aromatic N) is 5. The van der Waals surface area contributed by atoms with Gasteiger partial charge in [-0.3, -0.25) is 4.79 Å². The molecule has 1 fully saturated rings. The molecule has 0 radical (unpaired) electrons. The van der Waals surface area contributed by atoms with Gasteiger partial charge in [0.25, 0.3) is 5.91 Å². The first-order valence-corrected chi connectivity index (χ1v) is 9.77. The molecule has 7 heteroatoms. The molecule has 1 aliphatic rings. The van der Waals surface area contributed by atoms with Gasteiger partial charge < -0.3 is 19.2 Å². The predicted octanol–water partition coefficient (Wildman–Crippen LogP) is 2.84. The molecule has 1 N–H and O–H groups in total. The van der Waals surface area contributed by atoms with Gasteiger partial charge in [0.2, 0.25) is 0 Å². The van der Waals surface area contributed by atoms with E-state index in [2.05, 4.69) is 25.7 Å². The number of aryl methyl sites for hydroxylation is 1. The number of nitrogens with one attached hydrogen (secondary N) is 1. The number of para-hydroxylation sites is 1. The molecule has 0 aliphatic carbocycles. The summed E-state index contributed by atoms with van der Waals surface area (Å²) in [5.74, 6) is 0.830. The van der Waals surface area contributed by atoms with Crippen LogP contribution < -0.4 is 10.2 Å². The predicted molar refractivity (Wildman–Crippen MR) is 112 cm³/mol. The molecule has 29 heavy (non-hydrogen) atoms. The molecule has 3 aromatic heterocycles. The number of benzene rings is 1.